The van der Waals surface area contributed by atoms with Gasteiger partial charge in [-0.05, 0) is 30.3 Å². The first-order valence-corrected chi connectivity index (χ1v) is 6.01. The Labute approximate surface area is 111 Å². The zero-order valence-corrected chi connectivity index (χ0v) is 10.7. The van der Waals surface area contributed by atoms with Gasteiger partial charge in [-0.3, -0.25) is 4.98 Å². The minimum atomic E-state index is -0.390. The van der Waals surface area contributed by atoms with Crippen molar-refractivity contribution in [1.82, 2.24) is 4.98 Å². The monoisotopic (exact) mass is 255 g/mol. The molecule has 1 aromatic heterocycles. The van der Waals surface area contributed by atoms with Gasteiger partial charge in [0.05, 0.1) is 11.3 Å². The molecule has 0 atom stereocenters. The van der Waals surface area contributed by atoms with Gasteiger partial charge in [-0.1, -0.05) is 6.07 Å². The fraction of sp³-hybridized carbons (Fsp3) is 0.200. The van der Waals surface area contributed by atoms with E-state index < -0.39 is 5.82 Å². The van der Waals surface area contributed by atoms with E-state index in [1.165, 1.54) is 12.1 Å². The van der Waals surface area contributed by atoms with E-state index in [0.717, 1.165) is 24.3 Å². The number of halogens is 1. The highest BCUT2D eigenvalue weighted by Crippen LogP contribution is 2.19. The predicted molar refractivity (Wildman–Crippen MR) is 72.3 cm³/mol. The third kappa shape index (κ3) is 3.29. The number of hydrogen-bond acceptors (Lipinski definition) is 3. The third-order valence-corrected chi connectivity index (χ3v) is 2.92. The van der Waals surface area contributed by atoms with Gasteiger partial charge >= 0.3 is 0 Å². The van der Waals surface area contributed by atoms with Gasteiger partial charge in [0.25, 0.3) is 0 Å². The van der Waals surface area contributed by atoms with Crippen molar-refractivity contribution in [3.05, 3.63) is 59.7 Å². The predicted octanol–water partition coefficient (Wildman–Crippen LogP) is 2.77. The average molecular weight is 255 g/mol. The summed E-state index contributed by atoms with van der Waals surface area (Å²) < 4.78 is 13.1. The highest BCUT2D eigenvalue weighted by Gasteiger charge is 2.08. The molecule has 0 saturated heterocycles. The van der Waals surface area contributed by atoms with Gasteiger partial charge in [0, 0.05) is 31.9 Å². The van der Waals surface area contributed by atoms with Crippen molar-refractivity contribution in [3.8, 4) is 6.07 Å². The molecule has 0 aliphatic carbocycles. The second-order valence-corrected chi connectivity index (χ2v) is 4.27. The number of rotatable bonds is 4. The van der Waals surface area contributed by atoms with Crippen molar-refractivity contribution < 1.29 is 4.39 Å². The molecule has 0 unspecified atom stereocenters. The van der Waals surface area contributed by atoms with E-state index >= 15 is 0 Å². The molecular weight excluding hydrogens is 241 g/mol. The maximum Gasteiger partial charge on any atom is 0.124 e. The van der Waals surface area contributed by atoms with Crippen LogP contribution in [-0.2, 0) is 6.42 Å². The van der Waals surface area contributed by atoms with Crippen molar-refractivity contribution in [2.24, 2.45) is 0 Å². The second kappa shape index (κ2) is 5.96. The Balaban J connectivity index is 2.08. The Bertz CT molecular complexity index is 590. The minimum Gasteiger partial charge on any atom is -0.373 e. The Morgan fingerprint density at radius 1 is 1.32 bits per heavy atom. The molecule has 0 aliphatic rings. The molecule has 2 rings (SSSR count). The molecule has 0 radical (unpaired) electrons. The summed E-state index contributed by atoms with van der Waals surface area (Å²) in [5, 5.41) is 9.02. The first-order chi connectivity index (χ1) is 9.20. The zero-order chi connectivity index (χ0) is 13.7. The molecule has 1 heterocycles. The summed E-state index contributed by atoms with van der Waals surface area (Å²) >= 11 is 0. The van der Waals surface area contributed by atoms with Gasteiger partial charge in [-0.25, -0.2) is 4.39 Å². The van der Waals surface area contributed by atoms with Crippen LogP contribution in [0.15, 0.2) is 42.6 Å². The number of hydrogen-bond donors (Lipinski definition) is 0. The lowest BCUT2D eigenvalue weighted by Crippen LogP contribution is -2.21. The first-order valence-electron chi connectivity index (χ1n) is 6.01. The molecule has 0 bridgehead atoms. The summed E-state index contributed by atoms with van der Waals surface area (Å²) in [7, 11) is 1.89. The van der Waals surface area contributed by atoms with Gasteiger partial charge in [0.2, 0.25) is 0 Å². The molecule has 0 aliphatic heterocycles. The van der Waals surface area contributed by atoms with Crippen molar-refractivity contribution >= 4 is 5.69 Å². The number of nitriles is 1. The number of benzene rings is 1. The van der Waals surface area contributed by atoms with Crippen LogP contribution in [0.2, 0.25) is 0 Å². The lowest BCUT2D eigenvalue weighted by atomic mass is 10.1. The van der Waals surface area contributed by atoms with E-state index in [1.54, 1.807) is 12.3 Å². The molecule has 96 valence electrons. The second-order valence-electron chi connectivity index (χ2n) is 4.27. The summed E-state index contributed by atoms with van der Waals surface area (Å²) in [6.45, 7) is 0.720. The fourth-order valence-corrected chi connectivity index (χ4v) is 1.88. The maximum atomic E-state index is 13.1. The molecule has 0 N–H and O–H groups in total. The van der Waals surface area contributed by atoms with E-state index in [0.29, 0.717) is 5.56 Å². The van der Waals surface area contributed by atoms with E-state index in [-0.39, 0.29) is 0 Å². The molecule has 0 amide bonds. The van der Waals surface area contributed by atoms with E-state index in [9.17, 15) is 4.39 Å². The molecule has 0 spiro atoms. The van der Waals surface area contributed by atoms with Crippen LogP contribution in [0.5, 0.6) is 0 Å². The first kappa shape index (κ1) is 13.0. The molecule has 19 heavy (non-hydrogen) atoms. The lowest BCUT2D eigenvalue weighted by Gasteiger charge is -2.20. The minimum absolute atomic E-state index is 0.350. The highest BCUT2D eigenvalue weighted by atomic mass is 19.1. The quantitative estimate of drug-likeness (QED) is 0.843. The number of nitrogens with zero attached hydrogens (tertiary/aromatic N) is 3. The molecule has 1 aromatic carbocycles. The molecular formula is C15H14FN3. The van der Waals surface area contributed by atoms with Crippen LogP contribution in [0, 0.1) is 17.1 Å². The van der Waals surface area contributed by atoms with Gasteiger partial charge < -0.3 is 4.90 Å². The largest absolute Gasteiger partial charge is 0.373 e. The number of likely N-dealkylation sites (N-methyl/N-ethyl adjacent to an activating group) is 1. The topological polar surface area (TPSA) is 39.9 Å². The molecule has 0 fully saturated rings. The van der Waals surface area contributed by atoms with Crippen molar-refractivity contribution in [3.63, 3.8) is 0 Å². The van der Waals surface area contributed by atoms with Crippen LogP contribution in [0.3, 0.4) is 0 Å². The Morgan fingerprint density at radius 3 is 2.84 bits per heavy atom. The zero-order valence-electron chi connectivity index (χ0n) is 10.7. The van der Waals surface area contributed by atoms with Crippen molar-refractivity contribution in [1.29, 1.82) is 5.26 Å². The van der Waals surface area contributed by atoms with E-state index in [2.05, 4.69) is 4.98 Å². The fourth-order valence-electron chi connectivity index (χ4n) is 1.88. The molecule has 4 heteroatoms. The van der Waals surface area contributed by atoms with Gasteiger partial charge in [0.1, 0.15) is 11.9 Å². The Morgan fingerprint density at radius 2 is 2.16 bits per heavy atom. The van der Waals surface area contributed by atoms with Gasteiger partial charge in [0.15, 0.2) is 0 Å². The molecule has 0 saturated carbocycles. The van der Waals surface area contributed by atoms with E-state index in [1.807, 2.05) is 36.2 Å². The summed E-state index contributed by atoms with van der Waals surface area (Å²) in [5.41, 5.74) is 2.08. The molecule has 2 aromatic rings. The maximum absolute atomic E-state index is 13.1. The van der Waals surface area contributed by atoms with Crippen LogP contribution < -0.4 is 4.90 Å². The summed E-state index contributed by atoms with van der Waals surface area (Å²) in [4.78, 5) is 6.19. The van der Waals surface area contributed by atoms with Crippen LogP contribution in [-0.4, -0.2) is 18.6 Å². The summed E-state index contributed by atoms with van der Waals surface area (Å²) in [5.74, 6) is -0.390. The normalized spacial score (nSPS) is 9.95. The number of pyridine rings is 1. The summed E-state index contributed by atoms with van der Waals surface area (Å²) in [6.07, 6.45) is 2.54. The number of anilines is 1. The summed E-state index contributed by atoms with van der Waals surface area (Å²) in [6, 6.07) is 12.1. The lowest BCUT2D eigenvalue weighted by molar-refractivity contribution is 0.627. The van der Waals surface area contributed by atoms with Crippen molar-refractivity contribution in [2.75, 3.05) is 18.5 Å². The SMILES string of the molecule is CN(CCc1ccccn1)c1ccc(F)cc1C#N. The van der Waals surface area contributed by atoms with Gasteiger partial charge in [-0.2, -0.15) is 5.26 Å². The van der Waals surface area contributed by atoms with Crippen LogP contribution in [0.4, 0.5) is 10.1 Å². The molecule has 3 nitrogen and oxygen atoms in total. The standard InChI is InChI=1S/C15H14FN3/c1-19(9-7-14-4-2-3-8-18-14)15-6-5-13(16)10-12(15)11-17/h2-6,8,10H,7,9H2,1H3. The third-order valence-electron chi connectivity index (χ3n) is 2.92. The van der Waals surface area contributed by atoms with Crippen LogP contribution in [0.25, 0.3) is 0 Å². The van der Waals surface area contributed by atoms with Crippen molar-refractivity contribution in [2.45, 2.75) is 6.42 Å². The van der Waals surface area contributed by atoms with Crippen LogP contribution in [0.1, 0.15) is 11.3 Å². The Kier molecular flexibility index (Phi) is 4.09. The highest BCUT2D eigenvalue weighted by molar-refractivity contribution is 5.58. The van der Waals surface area contributed by atoms with Crippen LogP contribution >= 0.6 is 0 Å². The number of aromatic nitrogens is 1. The van der Waals surface area contributed by atoms with E-state index in [4.69, 9.17) is 5.26 Å². The smallest absolute Gasteiger partial charge is 0.124 e. The average Bonchev–Trinajstić information content (AvgIpc) is 2.45. The van der Waals surface area contributed by atoms with Gasteiger partial charge in [-0.15, -0.1) is 0 Å². The Hall–Kier alpha value is -2.41.